The monoisotopic (exact) mass is 422 g/mol. The summed E-state index contributed by atoms with van der Waals surface area (Å²) in [5.74, 6) is 0.977. The molecule has 3 heterocycles. The summed E-state index contributed by atoms with van der Waals surface area (Å²) >= 11 is 6.40. The van der Waals surface area contributed by atoms with Crippen LogP contribution in [-0.4, -0.2) is 37.5 Å². The van der Waals surface area contributed by atoms with E-state index in [1.807, 2.05) is 22.6 Å². The fraction of sp³-hybridized carbons (Fsp3) is 0.190. The van der Waals surface area contributed by atoms with E-state index in [9.17, 15) is 4.79 Å². The van der Waals surface area contributed by atoms with E-state index in [1.165, 1.54) is 14.0 Å². The second-order valence-corrected chi connectivity index (χ2v) is 7.19. The molecule has 0 fully saturated rings. The molecule has 4 rings (SSSR count). The number of pyridine rings is 1. The Morgan fingerprint density at radius 3 is 2.67 bits per heavy atom. The van der Waals surface area contributed by atoms with Crippen molar-refractivity contribution in [3.05, 3.63) is 64.5 Å². The van der Waals surface area contributed by atoms with Crippen molar-refractivity contribution < 1.29 is 9.53 Å². The van der Waals surface area contributed by atoms with Gasteiger partial charge in [0.1, 0.15) is 11.6 Å². The van der Waals surface area contributed by atoms with Gasteiger partial charge >= 0.3 is 0 Å². The van der Waals surface area contributed by atoms with Gasteiger partial charge in [0.25, 0.3) is 0 Å². The van der Waals surface area contributed by atoms with Gasteiger partial charge in [0, 0.05) is 34.8 Å². The van der Waals surface area contributed by atoms with Gasteiger partial charge in [0.2, 0.25) is 0 Å². The van der Waals surface area contributed by atoms with Crippen LogP contribution in [0.1, 0.15) is 30.9 Å². The van der Waals surface area contributed by atoms with Crippen LogP contribution < -0.4 is 10.5 Å². The quantitative estimate of drug-likeness (QED) is 0.492. The molecular formula is C21H19ClN6O2. The van der Waals surface area contributed by atoms with Crippen LogP contribution in [0.5, 0.6) is 5.75 Å². The van der Waals surface area contributed by atoms with Crippen molar-refractivity contribution in [3.63, 3.8) is 0 Å². The molecule has 3 aromatic heterocycles. The minimum absolute atomic E-state index is 0.167. The van der Waals surface area contributed by atoms with E-state index >= 15 is 0 Å². The Kier molecular flexibility index (Phi) is 5.09. The predicted octanol–water partition coefficient (Wildman–Crippen LogP) is 3.20. The number of fused-ring (bicyclic) bond motifs is 3. The average molecular weight is 423 g/mol. The van der Waals surface area contributed by atoms with Crippen LogP contribution in [0.3, 0.4) is 0 Å². The highest BCUT2D eigenvalue weighted by atomic mass is 35.5. The van der Waals surface area contributed by atoms with Crippen molar-refractivity contribution in [1.29, 1.82) is 0 Å². The normalized spacial score (nSPS) is 12.3. The first-order chi connectivity index (χ1) is 14.4. The van der Waals surface area contributed by atoms with Gasteiger partial charge in [-0.2, -0.15) is 0 Å². The van der Waals surface area contributed by atoms with Crippen LogP contribution in [0, 0.1) is 0 Å². The Balaban J connectivity index is 2.01. The molecule has 0 saturated heterocycles. The molecular weight excluding hydrogens is 404 g/mol. The first kappa shape index (κ1) is 19.8. The molecule has 4 aromatic rings. The van der Waals surface area contributed by atoms with E-state index in [0.717, 1.165) is 5.69 Å². The molecule has 0 aliphatic rings. The molecule has 0 unspecified atom stereocenters. The molecule has 0 spiro atoms. The average Bonchev–Trinajstić information content (AvgIpc) is 3.12. The van der Waals surface area contributed by atoms with Crippen LogP contribution in [0.2, 0.25) is 5.15 Å². The highest BCUT2D eigenvalue weighted by molar-refractivity contribution is 6.32. The van der Waals surface area contributed by atoms with Crippen LogP contribution in [0.15, 0.2) is 42.2 Å². The van der Waals surface area contributed by atoms with E-state index in [4.69, 9.17) is 22.1 Å². The summed E-state index contributed by atoms with van der Waals surface area (Å²) in [6.07, 6.45) is 2.19. The van der Waals surface area contributed by atoms with Gasteiger partial charge in [-0.15, -0.1) is 10.2 Å². The topological polar surface area (TPSA) is 108 Å². The lowest BCUT2D eigenvalue weighted by atomic mass is 9.99. The Bertz CT molecular complexity index is 1310. The van der Waals surface area contributed by atoms with Crippen LogP contribution >= 0.6 is 11.6 Å². The molecule has 8 nitrogen and oxygen atoms in total. The lowest BCUT2D eigenvalue weighted by Crippen LogP contribution is -2.08. The number of nitrogens with two attached hydrogens (primary N) is 1. The maximum atomic E-state index is 12.2. The van der Waals surface area contributed by atoms with E-state index in [2.05, 4.69) is 20.2 Å². The maximum Gasteiger partial charge on any atom is 0.199 e. The van der Waals surface area contributed by atoms with E-state index in [-0.39, 0.29) is 10.9 Å². The van der Waals surface area contributed by atoms with Crippen LogP contribution in [0.4, 0.5) is 0 Å². The third kappa shape index (κ3) is 3.35. The summed E-state index contributed by atoms with van der Waals surface area (Å²) in [5, 5.41) is 8.70. The molecule has 0 atom stereocenters. The number of halogens is 1. The summed E-state index contributed by atoms with van der Waals surface area (Å²) in [5.41, 5.74) is 9.84. The zero-order chi connectivity index (χ0) is 21.4. The van der Waals surface area contributed by atoms with Gasteiger partial charge < -0.3 is 10.5 Å². The molecule has 0 saturated carbocycles. The van der Waals surface area contributed by atoms with Gasteiger partial charge in [-0.3, -0.25) is 14.2 Å². The summed E-state index contributed by atoms with van der Waals surface area (Å²) < 4.78 is 7.41. The third-order valence-electron chi connectivity index (χ3n) is 4.75. The molecule has 2 N–H and O–H groups in total. The number of nitrogens with zero attached hydrogens (tertiary/aromatic N) is 5. The molecule has 152 valence electrons. The molecule has 9 heteroatoms. The summed E-state index contributed by atoms with van der Waals surface area (Å²) in [6.45, 7) is 3.14. The highest BCUT2D eigenvalue weighted by Gasteiger charge is 2.20. The number of hydrogen-bond acceptors (Lipinski definition) is 7. The van der Waals surface area contributed by atoms with Gasteiger partial charge in [0.15, 0.2) is 16.6 Å². The number of hydrogen-bond donors (Lipinski definition) is 1. The zero-order valence-corrected chi connectivity index (χ0v) is 17.4. The first-order valence-electron chi connectivity index (χ1n) is 9.19. The van der Waals surface area contributed by atoms with Gasteiger partial charge in [-0.1, -0.05) is 17.7 Å². The Morgan fingerprint density at radius 1 is 1.23 bits per heavy atom. The molecule has 1 aromatic carbocycles. The number of allylic oxidation sites excluding steroid dienone is 2. The number of ketones is 1. The van der Waals surface area contributed by atoms with Crippen molar-refractivity contribution in [2.45, 2.75) is 20.3 Å². The zero-order valence-electron chi connectivity index (χ0n) is 16.7. The van der Waals surface area contributed by atoms with E-state index < -0.39 is 0 Å². The second-order valence-electron chi connectivity index (χ2n) is 6.83. The lowest BCUT2D eigenvalue weighted by molar-refractivity contribution is -0.111. The molecule has 30 heavy (non-hydrogen) atoms. The SMILES string of the molecule is COc1cc2c(cc1C(C(C)=O)=C(C)N)nc(Cl)c1nnc(Cc3ccccn3)n12. The number of carbonyl (C=O) groups is 1. The molecule has 0 amide bonds. The standard InChI is InChI=1S/C21H19ClN6O2/c1-11(23)19(12(2)29)14-9-15-16(10-17(14)30-3)28-18(8-13-6-4-5-7-24-13)26-27-21(28)20(22)25-15/h4-7,9-10H,8,23H2,1-3H3. The minimum atomic E-state index is -0.167. The molecule has 0 aliphatic carbocycles. The number of ether oxygens (including phenoxy) is 1. The van der Waals surface area contributed by atoms with E-state index in [1.54, 1.807) is 25.3 Å². The van der Waals surface area contributed by atoms with Crippen molar-refractivity contribution in [2.75, 3.05) is 7.11 Å². The fourth-order valence-corrected chi connectivity index (χ4v) is 3.72. The van der Waals surface area contributed by atoms with Gasteiger partial charge in [-0.05, 0) is 32.0 Å². The summed E-state index contributed by atoms with van der Waals surface area (Å²) in [6, 6.07) is 9.22. The predicted molar refractivity (Wildman–Crippen MR) is 114 cm³/mol. The highest BCUT2D eigenvalue weighted by Crippen LogP contribution is 2.33. The van der Waals surface area contributed by atoms with Gasteiger partial charge in [-0.25, -0.2) is 4.98 Å². The van der Waals surface area contributed by atoms with Crippen LogP contribution in [-0.2, 0) is 11.2 Å². The molecule has 0 bridgehead atoms. The van der Waals surface area contributed by atoms with E-state index in [0.29, 0.717) is 51.5 Å². The Hall–Kier alpha value is -3.52. The molecule has 0 radical (unpaired) electrons. The number of aromatic nitrogens is 5. The second kappa shape index (κ2) is 7.72. The number of methoxy groups -OCH3 is 1. The van der Waals surface area contributed by atoms with Crippen molar-refractivity contribution in [1.82, 2.24) is 24.6 Å². The lowest BCUT2D eigenvalue weighted by Gasteiger charge is -2.14. The third-order valence-corrected chi connectivity index (χ3v) is 5.01. The number of benzene rings is 1. The Labute approximate surface area is 177 Å². The molecule has 0 aliphatic heterocycles. The minimum Gasteiger partial charge on any atom is -0.496 e. The fourth-order valence-electron chi connectivity index (χ4n) is 3.51. The maximum absolute atomic E-state index is 12.2. The largest absolute Gasteiger partial charge is 0.496 e. The number of carbonyl (C=O) groups excluding carboxylic acids is 1. The van der Waals surface area contributed by atoms with Gasteiger partial charge in [0.05, 0.1) is 24.6 Å². The summed E-state index contributed by atoms with van der Waals surface area (Å²) in [7, 11) is 1.54. The number of Topliss-reactive ketones (excluding diaryl/α,β-unsaturated/α-hetero) is 1. The number of rotatable bonds is 5. The first-order valence-corrected chi connectivity index (χ1v) is 9.57. The van der Waals surface area contributed by atoms with Crippen molar-refractivity contribution >= 4 is 39.6 Å². The van der Waals surface area contributed by atoms with Crippen LogP contribution in [0.25, 0.3) is 22.3 Å². The van der Waals surface area contributed by atoms with Crippen molar-refractivity contribution in [2.24, 2.45) is 5.73 Å². The van der Waals surface area contributed by atoms with Crippen molar-refractivity contribution in [3.8, 4) is 5.75 Å². The smallest absolute Gasteiger partial charge is 0.199 e. The Morgan fingerprint density at radius 2 is 2.03 bits per heavy atom. The summed E-state index contributed by atoms with van der Waals surface area (Å²) in [4.78, 5) is 21.0.